The molecule has 0 bridgehead atoms. The summed E-state index contributed by atoms with van der Waals surface area (Å²) < 4.78 is 28.2. The van der Waals surface area contributed by atoms with Crippen LogP contribution in [0.4, 0.5) is 5.69 Å². The van der Waals surface area contributed by atoms with Crippen molar-refractivity contribution in [3.05, 3.63) is 22.2 Å². The zero-order valence-corrected chi connectivity index (χ0v) is 16.0. The number of hydrogen-bond acceptors (Lipinski definition) is 4. The number of likely N-dealkylation sites (N-methyl/N-ethyl adjacent to an activating group) is 1. The van der Waals surface area contributed by atoms with E-state index >= 15 is 0 Å². The van der Waals surface area contributed by atoms with E-state index in [1.54, 1.807) is 24.0 Å². The Bertz CT molecular complexity index is 704. The summed E-state index contributed by atoms with van der Waals surface area (Å²) in [7, 11) is 0.140. The largest absolute Gasteiger partial charge is 0.312 e. The molecule has 0 atom stereocenters. The number of nitrogens with zero attached hydrogens (tertiary/aromatic N) is 2. The van der Waals surface area contributed by atoms with Crippen LogP contribution < -0.4 is 9.62 Å². The molecule has 1 aromatic carbocycles. The molecule has 1 aliphatic heterocycles. The van der Waals surface area contributed by atoms with Crippen LogP contribution >= 0.6 is 15.9 Å². The molecule has 1 amide bonds. The molecule has 0 spiro atoms. The van der Waals surface area contributed by atoms with Crippen LogP contribution in [0.5, 0.6) is 0 Å². The van der Waals surface area contributed by atoms with Crippen molar-refractivity contribution >= 4 is 37.5 Å². The maximum Gasteiger partial charge on any atom is 0.241 e. The number of amides is 1. The summed E-state index contributed by atoms with van der Waals surface area (Å²) in [6, 6.07) is 3.40. The molecule has 1 heterocycles. The second-order valence-electron chi connectivity index (χ2n) is 5.76. The lowest BCUT2D eigenvalue weighted by atomic mass is 10.2. The third kappa shape index (κ3) is 4.12. The van der Waals surface area contributed by atoms with Crippen LogP contribution in [0.25, 0.3) is 0 Å². The standard InChI is InChI=1S/C15H22BrN3O3S/c1-4-15(20)19-7-5-11-9-12(16)14(10-13(11)19)23(21,22)17-6-8-18(2)3/h9-10,17H,4-8H2,1-3H3. The fourth-order valence-corrected chi connectivity index (χ4v) is 4.65. The number of hydrogen-bond donors (Lipinski definition) is 1. The molecule has 23 heavy (non-hydrogen) atoms. The molecule has 8 heteroatoms. The van der Waals surface area contributed by atoms with Gasteiger partial charge in [-0.2, -0.15) is 0 Å². The fraction of sp³-hybridized carbons (Fsp3) is 0.533. The van der Waals surface area contributed by atoms with E-state index in [9.17, 15) is 13.2 Å². The molecule has 0 saturated carbocycles. The average molecular weight is 404 g/mol. The minimum atomic E-state index is -3.63. The summed E-state index contributed by atoms with van der Waals surface area (Å²) >= 11 is 3.35. The Kier molecular flexibility index (Phi) is 5.83. The van der Waals surface area contributed by atoms with Crippen LogP contribution in [0.1, 0.15) is 18.9 Å². The highest BCUT2D eigenvalue weighted by molar-refractivity contribution is 9.10. The number of rotatable bonds is 6. The van der Waals surface area contributed by atoms with E-state index in [2.05, 4.69) is 20.7 Å². The molecular formula is C15H22BrN3O3S. The predicted octanol–water partition coefficient (Wildman–Crippen LogP) is 1.59. The first-order valence-corrected chi connectivity index (χ1v) is 9.81. The van der Waals surface area contributed by atoms with Gasteiger partial charge in [-0.25, -0.2) is 13.1 Å². The lowest BCUT2D eigenvalue weighted by Gasteiger charge is -2.18. The minimum absolute atomic E-state index is 0.00925. The highest BCUT2D eigenvalue weighted by Gasteiger charge is 2.28. The SMILES string of the molecule is CCC(=O)N1CCc2cc(Br)c(S(=O)(=O)NCCN(C)C)cc21. The number of sulfonamides is 1. The number of halogens is 1. The molecule has 0 saturated heterocycles. The molecule has 0 aromatic heterocycles. The van der Waals surface area contributed by atoms with Gasteiger partial charge in [0, 0.05) is 36.2 Å². The number of carbonyl (C=O) groups is 1. The topological polar surface area (TPSA) is 69.7 Å². The lowest BCUT2D eigenvalue weighted by molar-refractivity contribution is -0.118. The van der Waals surface area contributed by atoms with Crippen molar-refractivity contribution in [3.8, 4) is 0 Å². The van der Waals surface area contributed by atoms with Crippen molar-refractivity contribution in [2.75, 3.05) is 38.6 Å². The Labute approximate surface area is 146 Å². The molecule has 1 aromatic rings. The molecule has 1 N–H and O–H groups in total. The van der Waals surface area contributed by atoms with E-state index < -0.39 is 10.0 Å². The number of benzene rings is 1. The number of carbonyl (C=O) groups excluding carboxylic acids is 1. The van der Waals surface area contributed by atoms with Crippen molar-refractivity contribution in [1.82, 2.24) is 9.62 Å². The maximum atomic E-state index is 12.5. The third-order valence-electron chi connectivity index (χ3n) is 3.77. The molecule has 0 aliphatic carbocycles. The Morgan fingerprint density at radius 1 is 1.39 bits per heavy atom. The molecule has 6 nitrogen and oxygen atoms in total. The van der Waals surface area contributed by atoms with Crippen LogP contribution in [0.2, 0.25) is 0 Å². The van der Waals surface area contributed by atoms with E-state index in [-0.39, 0.29) is 10.8 Å². The molecule has 2 rings (SSSR count). The van der Waals surface area contributed by atoms with Gasteiger partial charge in [0.1, 0.15) is 0 Å². The average Bonchev–Trinajstić information content (AvgIpc) is 2.87. The second-order valence-corrected chi connectivity index (χ2v) is 8.35. The zero-order chi connectivity index (χ0) is 17.2. The fourth-order valence-electron chi connectivity index (χ4n) is 2.53. The van der Waals surface area contributed by atoms with Gasteiger partial charge in [0.05, 0.1) is 4.90 Å². The van der Waals surface area contributed by atoms with Crippen molar-refractivity contribution < 1.29 is 13.2 Å². The molecular weight excluding hydrogens is 382 g/mol. The van der Waals surface area contributed by atoms with Crippen LogP contribution in [0.3, 0.4) is 0 Å². The van der Waals surface area contributed by atoms with E-state index in [1.165, 1.54) is 0 Å². The maximum absolute atomic E-state index is 12.5. The number of nitrogens with one attached hydrogen (secondary N) is 1. The van der Waals surface area contributed by atoms with Gasteiger partial charge in [-0.05, 0) is 54.1 Å². The molecule has 128 valence electrons. The van der Waals surface area contributed by atoms with Crippen molar-refractivity contribution in [3.63, 3.8) is 0 Å². The highest BCUT2D eigenvalue weighted by atomic mass is 79.9. The van der Waals surface area contributed by atoms with Gasteiger partial charge >= 0.3 is 0 Å². The quantitative estimate of drug-likeness (QED) is 0.782. The van der Waals surface area contributed by atoms with Gasteiger partial charge in [-0.1, -0.05) is 6.92 Å². The van der Waals surface area contributed by atoms with E-state index in [0.717, 1.165) is 12.0 Å². The van der Waals surface area contributed by atoms with Crippen LogP contribution in [0, 0.1) is 0 Å². The van der Waals surface area contributed by atoms with E-state index in [0.29, 0.717) is 36.2 Å². The molecule has 0 radical (unpaired) electrons. The molecule has 0 fully saturated rings. The van der Waals surface area contributed by atoms with Gasteiger partial charge in [0.15, 0.2) is 0 Å². The molecule has 0 unspecified atom stereocenters. The van der Waals surface area contributed by atoms with Crippen molar-refractivity contribution in [1.29, 1.82) is 0 Å². The Balaban J connectivity index is 2.32. The summed E-state index contributed by atoms with van der Waals surface area (Å²) in [6.07, 6.45) is 1.15. The van der Waals surface area contributed by atoms with Gasteiger partial charge in [0.2, 0.25) is 15.9 Å². The van der Waals surface area contributed by atoms with Crippen LogP contribution in [-0.4, -0.2) is 53.0 Å². The summed E-state index contributed by atoms with van der Waals surface area (Å²) in [4.78, 5) is 15.8. The first-order chi connectivity index (χ1) is 10.8. The number of fused-ring (bicyclic) bond motifs is 1. The zero-order valence-electron chi connectivity index (χ0n) is 13.6. The van der Waals surface area contributed by atoms with Gasteiger partial charge in [-0.3, -0.25) is 4.79 Å². The van der Waals surface area contributed by atoms with Crippen molar-refractivity contribution in [2.45, 2.75) is 24.7 Å². The van der Waals surface area contributed by atoms with Gasteiger partial charge in [0.25, 0.3) is 0 Å². The third-order valence-corrected chi connectivity index (χ3v) is 6.19. The normalized spacial score (nSPS) is 14.4. The van der Waals surface area contributed by atoms with Crippen LogP contribution in [-0.2, 0) is 21.2 Å². The van der Waals surface area contributed by atoms with Gasteiger partial charge < -0.3 is 9.80 Å². The smallest absolute Gasteiger partial charge is 0.241 e. The first-order valence-electron chi connectivity index (χ1n) is 7.53. The first kappa shape index (κ1) is 18.4. The summed E-state index contributed by atoms with van der Waals surface area (Å²) in [5, 5.41) is 0. The minimum Gasteiger partial charge on any atom is -0.312 e. The Hall–Kier alpha value is -0.960. The van der Waals surface area contributed by atoms with Crippen molar-refractivity contribution in [2.24, 2.45) is 0 Å². The van der Waals surface area contributed by atoms with E-state index in [1.807, 2.05) is 19.0 Å². The van der Waals surface area contributed by atoms with Crippen LogP contribution in [0.15, 0.2) is 21.5 Å². The number of anilines is 1. The highest BCUT2D eigenvalue weighted by Crippen LogP contribution is 2.35. The Morgan fingerprint density at radius 2 is 2.09 bits per heavy atom. The Morgan fingerprint density at radius 3 is 2.70 bits per heavy atom. The monoisotopic (exact) mass is 403 g/mol. The predicted molar refractivity (Wildman–Crippen MR) is 94.2 cm³/mol. The summed E-state index contributed by atoms with van der Waals surface area (Å²) in [6.45, 7) is 3.35. The summed E-state index contributed by atoms with van der Waals surface area (Å²) in [5.41, 5.74) is 1.69. The van der Waals surface area contributed by atoms with Gasteiger partial charge in [-0.15, -0.1) is 0 Å². The molecule has 1 aliphatic rings. The summed E-state index contributed by atoms with van der Waals surface area (Å²) in [5.74, 6) is 0.00925. The lowest BCUT2D eigenvalue weighted by Crippen LogP contribution is -2.32. The second kappa shape index (κ2) is 7.29. The van der Waals surface area contributed by atoms with E-state index in [4.69, 9.17) is 0 Å².